The molecule has 3 aliphatic heterocycles. The minimum absolute atomic E-state index is 0.104. The number of benzene rings is 2. The molecule has 4 heterocycles. The van der Waals surface area contributed by atoms with E-state index in [0.29, 0.717) is 23.7 Å². The normalized spacial score (nSPS) is 20.2. The van der Waals surface area contributed by atoms with Crippen molar-refractivity contribution in [2.24, 2.45) is 0 Å². The van der Waals surface area contributed by atoms with Gasteiger partial charge in [-0.1, -0.05) is 30.3 Å². The molecule has 1 aromatic heterocycles. The van der Waals surface area contributed by atoms with Crippen molar-refractivity contribution in [1.82, 2.24) is 20.1 Å². The molecule has 0 radical (unpaired) electrons. The molecule has 0 aliphatic carbocycles. The molecule has 4 amide bonds. The fourth-order valence-electron chi connectivity index (χ4n) is 5.83. The van der Waals surface area contributed by atoms with Gasteiger partial charge in [-0.15, -0.1) is 0 Å². The van der Waals surface area contributed by atoms with Crippen LogP contribution in [0.3, 0.4) is 0 Å². The van der Waals surface area contributed by atoms with E-state index in [1.807, 2.05) is 48.7 Å². The SMILES string of the molecule is O=C1CCC(N2C(=O)c3ccc(CN4CCC(N(c5ccccc5)c5ccccn5)CC4)cc3C2=O)C(=O)N1. The fraction of sp³-hybridized carbons (Fsp3) is 0.300. The zero-order chi connectivity index (χ0) is 26.9. The van der Waals surface area contributed by atoms with Gasteiger partial charge in [0.2, 0.25) is 11.8 Å². The Morgan fingerprint density at radius 3 is 2.31 bits per heavy atom. The van der Waals surface area contributed by atoms with Crippen LogP contribution in [0.5, 0.6) is 0 Å². The van der Waals surface area contributed by atoms with Crippen molar-refractivity contribution < 1.29 is 19.2 Å². The zero-order valence-corrected chi connectivity index (χ0v) is 21.5. The van der Waals surface area contributed by atoms with Gasteiger partial charge >= 0.3 is 0 Å². The highest BCUT2D eigenvalue weighted by Crippen LogP contribution is 2.32. The van der Waals surface area contributed by atoms with Crippen molar-refractivity contribution in [3.05, 3.63) is 89.6 Å². The Hall–Kier alpha value is -4.37. The van der Waals surface area contributed by atoms with Crippen LogP contribution in [0.2, 0.25) is 0 Å². The quantitative estimate of drug-likeness (QED) is 0.495. The summed E-state index contributed by atoms with van der Waals surface area (Å²) in [6.45, 7) is 2.43. The van der Waals surface area contributed by atoms with Gasteiger partial charge < -0.3 is 4.90 Å². The number of hydrogen-bond acceptors (Lipinski definition) is 7. The van der Waals surface area contributed by atoms with E-state index in [1.165, 1.54) is 0 Å². The van der Waals surface area contributed by atoms with E-state index >= 15 is 0 Å². The molecule has 3 aromatic rings. The number of likely N-dealkylation sites (tertiary alicyclic amines) is 1. The standard InChI is InChI=1S/C30H29N5O4/c36-27-12-11-25(28(37)32-27)35-29(38)23-10-9-20(18-24(23)30(35)39)19-33-16-13-22(14-17-33)34(21-6-2-1-3-7-21)26-8-4-5-15-31-26/h1-10,15,18,22,25H,11-14,16-17,19H2,(H,32,36,37). The summed E-state index contributed by atoms with van der Waals surface area (Å²) in [5, 5.41) is 2.23. The molecule has 2 aromatic carbocycles. The first-order valence-electron chi connectivity index (χ1n) is 13.3. The second-order valence-corrected chi connectivity index (χ2v) is 10.2. The van der Waals surface area contributed by atoms with E-state index in [2.05, 4.69) is 32.2 Å². The van der Waals surface area contributed by atoms with Gasteiger partial charge in [0.25, 0.3) is 11.8 Å². The lowest BCUT2D eigenvalue weighted by molar-refractivity contribution is -0.136. The van der Waals surface area contributed by atoms with Crippen LogP contribution in [0.15, 0.2) is 72.9 Å². The summed E-state index contributed by atoms with van der Waals surface area (Å²) in [5.74, 6) is -0.999. The van der Waals surface area contributed by atoms with Crippen molar-refractivity contribution in [3.8, 4) is 0 Å². The summed E-state index contributed by atoms with van der Waals surface area (Å²) in [4.78, 5) is 60.3. The van der Waals surface area contributed by atoms with Crippen molar-refractivity contribution in [2.75, 3.05) is 18.0 Å². The second kappa shape index (κ2) is 10.4. The number of carbonyl (C=O) groups excluding carboxylic acids is 4. The molecule has 0 spiro atoms. The van der Waals surface area contributed by atoms with Crippen molar-refractivity contribution >= 4 is 35.1 Å². The highest BCUT2D eigenvalue weighted by molar-refractivity contribution is 6.23. The number of imide groups is 2. The Bertz CT molecular complexity index is 1380. The first-order valence-corrected chi connectivity index (χ1v) is 13.3. The van der Waals surface area contributed by atoms with E-state index in [0.717, 1.165) is 47.9 Å². The van der Waals surface area contributed by atoms with E-state index < -0.39 is 23.8 Å². The lowest BCUT2D eigenvalue weighted by Crippen LogP contribution is -2.54. The number of pyridine rings is 1. The van der Waals surface area contributed by atoms with Crippen molar-refractivity contribution in [3.63, 3.8) is 0 Å². The van der Waals surface area contributed by atoms with Crippen LogP contribution in [-0.4, -0.2) is 63.6 Å². The van der Waals surface area contributed by atoms with Crippen LogP contribution in [0.4, 0.5) is 11.5 Å². The lowest BCUT2D eigenvalue weighted by Gasteiger charge is -2.39. The van der Waals surface area contributed by atoms with Crippen LogP contribution in [0.1, 0.15) is 52.0 Å². The Morgan fingerprint density at radius 1 is 0.846 bits per heavy atom. The van der Waals surface area contributed by atoms with Gasteiger partial charge in [0.15, 0.2) is 0 Å². The average molecular weight is 524 g/mol. The maximum absolute atomic E-state index is 13.2. The van der Waals surface area contributed by atoms with Crippen LogP contribution >= 0.6 is 0 Å². The number of anilines is 2. The van der Waals surface area contributed by atoms with E-state index in [-0.39, 0.29) is 18.7 Å². The monoisotopic (exact) mass is 523 g/mol. The molecule has 9 heteroatoms. The number of nitrogens with zero attached hydrogens (tertiary/aromatic N) is 4. The molecule has 2 saturated heterocycles. The smallest absolute Gasteiger partial charge is 0.262 e. The van der Waals surface area contributed by atoms with Crippen molar-refractivity contribution in [1.29, 1.82) is 0 Å². The van der Waals surface area contributed by atoms with Crippen LogP contribution in [0, 0.1) is 0 Å². The first-order chi connectivity index (χ1) is 19.0. The minimum Gasteiger partial charge on any atom is -0.323 e. The molecule has 198 valence electrons. The number of fused-ring (bicyclic) bond motifs is 1. The van der Waals surface area contributed by atoms with Gasteiger partial charge in [0, 0.05) is 44.0 Å². The van der Waals surface area contributed by atoms with Crippen molar-refractivity contribution in [2.45, 2.75) is 44.3 Å². The molecule has 0 saturated carbocycles. The van der Waals surface area contributed by atoms with E-state index in [4.69, 9.17) is 0 Å². The maximum Gasteiger partial charge on any atom is 0.262 e. The van der Waals surface area contributed by atoms with Crippen LogP contribution in [0.25, 0.3) is 0 Å². The van der Waals surface area contributed by atoms with Crippen LogP contribution < -0.4 is 10.2 Å². The Kier molecular flexibility index (Phi) is 6.66. The molecule has 39 heavy (non-hydrogen) atoms. The van der Waals surface area contributed by atoms with E-state index in [9.17, 15) is 19.2 Å². The van der Waals surface area contributed by atoms with Gasteiger partial charge in [-0.05, 0) is 61.2 Å². The van der Waals surface area contributed by atoms with Crippen LogP contribution in [-0.2, 0) is 16.1 Å². The molecule has 1 N–H and O–H groups in total. The maximum atomic E-state index is 13.2. The van der Waals surface area contributed by atoms with Gasteiger partial charge in [-0.25, -0.2) is 4.98 Å². The molecule has 2 fully saturated rings. The third-order valence-electron chi connectivity index (χ3n) is 7.76. The number of carbonyl (C=O) groups is 4. The Labute approximate surface area is 226 Å². The average Bonchev–Trinajstić information content (AvgIpc) is 3.20. The lowest BCUT2D eigenvalue weighted by atomic mass is 10.0. The molecular weight excluding hydrogens is 494 g/mol. The zero-order valence-electron chi connectivity index (χ0n) is 21.5. The molecule has 9 nitrogen and oxygen atoms in total. The summed E-state index contributed by atoms with van der Waals surface area (Å²) in [5.41, 5.74) is 2.70. The topological polar surface area (TPSA) is 103 Å². The minimum atomic E-state index is -0.954. The predicted molar refractivity (Wildman–Crippen MR) is 144 cm³/mol. The highest BCUT2D eigenvalue weighted by Gasteiger charge is 2.44. The molecular formula is C30H29N5O4. The number of rotatable bonds is 6. The third-order valence-corrected chi connectivity index (χ3v) is 7.76. The number of para-hydroxylation sites is 1. The highest BCUT2D eigenvalue weighted by atomic mass is 16.2. The number of piperidine rings is 2. The summed E-state index contributed by atoms with van der Waals surface area (Å²) in [7, 11) is 0. The number of hydrogen-bond donors (Lipinski definition) is 1. The summed E-state index contributed by atoms with van der Waals surface area (Å²) < 4.78 is 0. The second-order valence-electron chi connectivity index (χ2n) is 10.2. The van der Waals surface area contributed by atoms with Gasteiger partial charge in [0.05, 0.1) is 11.1 Å². The van der Waals surface area contributed by atoms with E-state index in [1.54, 1.807) is 12.1 Å². The van der Waals surface area contributed by atoms with Gasteiger partial charge in [-0.3, -0.25) is 34.3 Å². The molecule has 1 unspecified atom stereocenters. The third kappa shape index (κ3) is 4.81. The number of aromatic nitrogens is 1. The molecule has 1 atom stereocenters. The fourth-order valence-corrected chi connectivity index (χ4v) is 5.83. The molecule has 3 aliphatic rings. The largest absolute Gasteiger partial charge is 0.323 e. The van der Waals surface area contributed by atoms with Gasteiger partial charge in [-0.2, -0.15) is 0 Å². The molecule has 0 bridgehead atoms. The number of nitrogens with one attached hydrogen (secondary N) is 1. The summed E-state index contributed by atoms with van der Waals surface area (Å²) >= 11 is 0. The number of amides is 4. The Balaban J connectivity index is 1.14. The molecule has 6 rings (SSSR count). The first kappa shape index (κ1) is 24.9. The summed E-state index contributed by atoms with van der Waals surface area (Å²) in [6, 6.07) is 21.0. The summed E-state index contributed by atoms with van der Waals surface area (Å²) in [6.07, 6.45) is 3.99. The predicted octanol–water partition coefficient (Wildman–Crippen LogP) is 3.29. The Morgan fingerprint density at radius 2 is 1.59 bits per heavy atom. The van der Waals surface area contributed by atoms with Gasteiger partial charge in [0.1, 0.15) is 11.9 Å².